The van der Waals surface area contributed by atoms with Crippen molar-refractivity contribution in [3.63, 3.8) is 0 Å². The fraction of sp³-hybridized carbons (Fsp3) is 0.273. The highest BCUT2D eigenvalue weighted by molar-refractivity contribution is 5.59. The molecule has 0 unspecified atom stereocenters. The van der Waals surface area contributed by atoms with E-state index in [-0.39, 0.29) is 6.17 Å². The largest absolute Gasteiger partial charge is 0.462 e. The van der Waals surface area contributed by atoms with E-state index in [1.807, 2.05) is 6.92 Å². The number of rotatable bonds is 3. The smallest absolute Gasteiger partial charge is 0.162 e. The minimum absolute atomic E-state index is 0.0808. The first-order valence-electron chi connectivity index (χ1n) is 8.85. The van der Waals surface area contributed by atoms with Gasteiger partial charge >= 0.3 is 0 Å². The van der Waals surface area contributed by atoms with E-state index in [0.717, 1.165) is 24.6 Å². The van der Waals surface area contributed by atoms with Crippen LogP contribution in [0.3, 0.4) is 0 Å². The zero-order valence-electron chi connectivity index (χ0n) is 15.1. The number of furan rings is 1. The third kappa shape index (κ3) is 3.02. The highest BCUT2D eigenvalue weighted by atomic mass is 16.3. The van der Waals surface area contributed by atoms with Gasteiger partial charge < -0.3 is 14.2 Å². The third-order valence-electron chi connectivity index (χ3n) is 4.85. The van der Waals surface area contributed by atoms with Crippen molar-refractivity contribution in [3.8, 4) is 0 Å². The fourth-order valence-electron chi connectivity index (χ4n) is 3.68. The van der Waals surface area contributed by atoms with Crippen LogP contribution in [-0.2, 0) is 0 Å². The van der Waals surface area contributed by atoms with E-state index >= 15 is 0 Å². The summed E-state index contributed by atoms with van der Waals surface area (Å²) in [5.41, 5.74) is 5.05. The van der Waals surface area contributed by atoms with Crippen LogP contribution < -0.4 is 9.80 Å². The molecule has 0 atom stereocenters. The van der Waals surface area contributed by atoms with Gasteiger partial charge in [-0.05, 0) is 68.3 Å². The van der Waals surface area contributed by atoms with Gasteiger partial charge in [0.2, 0.25) is 0 Å². The Kier molecular flexibility index (Phi) is 4.00. The second-order valence-electron chi connectivity index (χ2n) is 6.89. The number of benzene rings is 2. The molecule has 0 amide bonds. The number of nitrogens with zero attached hydrogens (tertiary/aromatic N) is 2. The maximum Gasteiger partial charge on any atom is 0.162 e. The first kappa shape index (κ1) is 15.8. The third-order valence-corrected chi connectivity index (χ3v) is 4.85. The molecule has 0 radical (unpaired) electrons. The summed E-state index contributed by atoms with van der Waals surface area (Å²) in [6.07, 6.45) is 0.0808. The van der Waals surface area contributed by atoms with E-state index in [1.54, 1.807) is 0 Å². The standard InChI is InChI=1S/C22H24N2O/c1-16-6-4-8-19(14-16)23-12-13-24(20-9-5-7-17(2)15-20)22(23)21-11-10-18(3)25-21/h4-11,14-15,22H,12-13H2,1-3H3. The molecule has 1 fully saturated rings. The molecule has 128 valence electrons. The molecule has 2 heterocycles. The van der Waals surface area contributed by atoms with Gasteiger partial charge in [-0.1, -0.05) is 24.3 Å². The first-order chi connectivity index (χ1) is 12.1. The van der Waals surface area contributed by atoms with Gasteiger partial charge in [-0.2, -0.15) is 0 Å². The average Bonchev–Trinajstić information content (AvgIpc) is 3.20. The van der Waals surface area contributed by atoms with Crippen molar-refractivity contribution in [1.82, 2.24) is 0 Å². The Bertz CT molecular complexity index is 829. The predicted octanol–water partition coefficient (Wildman–Crippen LogP) is 5.23. The highest BCUT2D eigenvalue weighted by Crippen LogP contribution is 2.38. The van der Waals surface area contributed by atoms with Crippen molar-refractivity contribution < 1.29 is 4.42 Å². The van der Waals surface area contributed by atoms with E-state index in [9.17, 15) is 0 Å². The fourth-order valence-corrected chi connectivity index (χ4v) is 3.68. The van der Waals surface area contributed by atoms with E-state index in [2.05, 4.69) is 84.3 Å². The van der Waals surface area contributed by atoms with E-state index in [1.165, 1.54) is 22.5 Å². The van der Waals surface area contributed by atoms with Crippen LogP contribution in [0, 0.1) is 20.8 Å². The van der Waals surface area contributed by atoms with Crippen LogP contribution in [0.4, 0.5) is 11.4 Å². The van der Waals surface area contributed by atoms with Gasteiger partial charge in [-0.25, -0.2) is 0 Å². The highest BCUT2D eigenvalue weighted by Gasteiger charge is 2.35. The molecule has 3 aromatic rings. The van der Waals surface area contributed by atoms with E-state index in [4.69, 9.17) is 4.42 Å². The Labute approximate surface area is 149 Å². The zero-order chi connectivity index (χ0) is 17.4. The van der Waals surface area contributed by atoms with Crippen LogP contribution in [0.1, 0.15) is 28.8 Å². The van der Waals surface area contributed by atoms with Crippen molar-refractivity contribution in [3.05, 3.63) is 83.3 Å². The minimum Gasteiger partial charge on any atom is -0.462 e. The quantitative estimate of drug-likeness (QED) is 0.655. The normalized spacial score (nSPS) is 15.2. The molecule has 3 nitrogen and oxygen atoms in total. The van der Waals surface area contributed by atoms with Gasteiger partial charge in [0.25, 0.3) is 0 Å². The van der Waals surface area contributed by atoms with Crippen molar-refractivity contribution >= 4 is 11.4 Å². The number of hydrogen-bond acceptors (Lipinski definition) is 3. The summed E-state index contributed by atoms with van der Waals surface area (Å²) in [6.45, 7) is 8.24. The molecule has 0 spiro atoms. The lowest BCUT2D eigenvalue weighted by atomic mass is 10.1. The lowest BCUT2D eigenvalue weighted by Crippen LogP contribution is -2.30. The van der Waals surface area contributed by atoms with Gasteiger partial charge in [0.05, 0.1) is 0 Å². The van der Waals surface area contributed by atoms with Crippen molar-refractivity contribution in [2.45, 2.75) is 26.9 Å². The zero-order valence-corrected chi connectivity index (χ0v) is 15.1. The molecule has 3 heteroatoms. The summed E-state index contributed by atoms with van der Waals surface area (Å²) in [5, 5.41) is 0. The second kappa shape index (κ2) is 6.32. The Morgan fingerprint density at radius 3 is 1.76 bits per heavy atom. The number of anilines is 2. The summed E-state index contributed by atoms with van der Waals surface area (Å²) in [7, 11) is 0. The molecular weight excluding hydrogens is 308 g/mol. The first-order valence-corrected chi connectivity index (χ1v) is 8.85. The molecule has 0 N–H and O–H groups in total. The second-order valence-corrected chi connectivity index (χ2v) is 6.89. The summed E-state index contributed by atoms with van der Waals surface area (Å²) in [5.74, 6) is 1.95. The van der Waals surface area contributed by atoms with Crippen molar-refractivity contribution in [1.29, 1.82) is 0 Å². The van der Waals surface area contributed by atoms with Crippen molar-refractivity contribution in [2.75, 3.05) is 22.9 Å². The summed E-state index contributed by atoms with van der Waals surface area (Å²) in [6, 6.07) is 21.6. The molecular formula is C22H24N2O. The number of hydrogen-bond donors (Lipinski definition) is 0. The summed E-state index contributed by atoms with van der Waals surface area (Å²) >= 11 is 0. The van der Waals surface area contributed by atoms with Crippen molar-refractivity contribution in [2.24, 2.45) is 0 Å². The topological polar surface area (TPSA) is 19.6 Å². The van der Waals surface area contributed by atoms with Gasteiger partial charge in [0.1, 0.15) is 11.5 Å². The van der Waals surface area contributed by atoms with Gasteiger partial charge in [-0.3, -0.25) is 0 Å². The van der Waals surface area contributed by atoms with E-state index in [0.29, 0.717) is 0 Å². The summed E-state index contributed by atoms with van der Waals surface area (Å²) in [4.78, 5) is 4.88. The van der Waals surface area contributed by atoms with Crippen LogP contribution in [0.5, 0.6) is 0 Å². The molecule has 4 rings (SSSR count). The lowest BCUT2D eigenvalue weighted by molar-refractivity contribution is 0.446. The Balaban J connectivity index is 1.78. The van der Waals surface area contributed by atoms with Crippen LogP contribution in [0.15, 0.2) is 65.1 Å². The Hall–Kier alpha value is -2.68. The molecule has 0 saturated carbocycles. The average molecular weight is 332 g/mol. The maximum atomic E-state index is 6.05. The molecule has 0 bridgehead atoms. The molecule has 1 aliphatic heterocycles. The maximum absolute atomic E-state index is 6.05. The SMILES string of the molecule is Cc1cccc(N2CCN(c3cccc(C)c3)C2c2ccc(C)o2)c1. The van der Waals surface area contributed by atoms with Crippen LogP contribution in [0.25, 0.3) is 0 Å². The van der Waals surface area contributed by atoms with Crippen LogP contribution in [-0.4, -0.2) is 13.1 Å². The Morgan fingerprint density at radius 1 is 0.760 bits per heavy atom. The molecule has 0 aliphatic carbocycles. The minimum atomic E-state index is 0.0808. The van der Waals surface area contributed by atoms with Crippen LogP contribution >= 0.6 is 0 Å². The van der Waals surface area contributed by atoms with E-state index < -0.39 is 0 Å². The van der Waals surface area contributed by atoms with Gasteiger partial charge in [0, 0.05) is 24.5 Å². The summed E-state index contributed by atoms with van der Waals surface area (Å²) < 4.78 is 6.05. The predicted molar refractivity (Wildman–Crippen MR) is 103 cm³/mol. The Morgan fingerprint density at radius 2 is 1.32 bits per heavy atom. The molecule has 1 aromatic heterocycles. The van der Waals surface area contributed by atoms with Gasteiger partial charge in [-0.15, -0.1) is 0 Å². The molecule has 25 heavy (non-hydrogen) atoms. The monoisotopic (exact) mass is 332 g/mol. The molecule has 1 aliphatic rings. The molecule has 2 aromatic carbocycles. The van der Waals surface area contributed by atoms with Gasteiger partial charge in [0.15, 0.2) is 6.17 Å². The number of aryl methyl sites for hydroxylation is 3. The lowest BCUT2D eigenvalue weighted by Gasteiger charge is -2.31. The van der Waals surface area contributed by atoms with Crippen LogP contribution in [0.2, 0.25) is 0 Å². The molecule has 1 saturated heterocycles.